The van der Waals surface area contributed by atoms with Crippen LogP contribution in [0, 0.1) is 5.92 Å². The van der Waals surface area contributed by atoms with E-state index in [1.807, 2.05) is 6.07 Å². The van der Waals surface area contributed by atoms with Crippen LogP contribution in [0.15, 0.2) is 48.5 Å². The van der Waals surface area contributed by atoms with Crippen LogP contribution in [0.1, 0.15) is 36.8 Å². The minimum atomic E-state index is -4.38. The van der Waals surface area contributed by atoms with Gasteiger partial charge in [0.15, 0.2) is 0 Å². The maximum atomic E-state index is 13.0. The molecule has 2 aliphatic rings. The summed E-state index contributed by atoms with van der Waals surface area (Å²) in [6.45, 7) is 1.32. The van der Waals surface area contributed by atoms with Crippen molar-refractivity contribution in [1.29, 1.82) is 0 Å². The number of carbonyl (C=O) groups excluding carboxylic acids is 2. The molecule has 2 aromatic rings. The number of halogens is 3. The Kier molecular flexibility index (Phi) is 5.89. The zero-order chi connectivity index (χ0) is 22.0. The van der Waals surface area contributed by atoms with Crippen molar-refractivity contribution in [1.82, 2.24) is 4.90 Å². The van der Waals surface area contributed by atoms with E-state index >= 15 is 0 Å². The van der Waals surface area contributed by atoms with Crippen molar-refractivity contribution in [2.75, 3.05) is 23.3 Å². The van der Waals surface area contributed by atoms with Crippen LogP contribution in [0.25, 0.3) is 0 Å². The molecule has 1 saturated heterocycles. The first kappa shape index (κ1) is 21.2. The average molecular weight is 431 g/mol. The first-order valence-corrected chi connectivity index (χ1v) is 10.4. The van der Waals surface area contributed by atoms with Gasteiger partial charge in [0.25, 0.3) is 0 Å². The molecule has 2 fully saturated rings. The van der Waals surface area contributed by atoms with Crippen molar-refractivity contribution < 1.29 is 22.8 Å². The van der Waals surface area contributed by atoms with Gasteiger partial charge < -0.3 is 10.2 Å². The van der Waals surface area contributed by atoms with Gasteiger partial charge in [0.2, 0.25) is 5.91 Å². The van der Waals surface area contributed by atoms with Crippen LogP contribution in [0.5, 0.6) is 0 Å². The lowest BCUT2D eigenvalue weighted by Gasteiger charge is -2.36. The lowest BCUT2D eigenvalue weighted by Crippen LogP contribution is -2.49. The predicted octanol–water partition coefficient (Wildman–Crippen LogP) is 5.28. The van der Waals surface area contributed by atoms with Crippen LogP contribution < -0.4 is 10.2 Å². The SMILES string of the molecule is O=C(Nc1cccc(N2CCCN(Cc3ccc(C(F)(F)F)cc3)C2=O)c1)C1CCC1. The van der Waals surface area contributed by atoms with E-state index in [9.17, 15) is 22.8 Å². The molecule has 1 heterocycles. The molecule has 0 unspecified atom stereocenters. The van der Waals surface area contributed by atoms with Gasteiger partial charge in [-0.15, -0.1) is 0 Å². The molecule has 0 bridgehead atoms. The number of benzene rings is 2. The number of hydrogen-bond donors (Lipinski definition) is 1. The third kappa shape index (κ3) is 4.84. The van der Waals surface area contributed by atoms with E-state index in [2.05, 4.69) is 5.32 Å². The highest BCUT2D eigenvalue weighted by Gasteiger charge is 2.31. The van der Waals surface area contributed by atoms with E-state index in [1.54, 1.807) is 28.0 Å². The van der Waals surface area contributed by atoms with Crippen molar-refractivity contribution in [3.05, 3.63) is 59.7 Å². The number of nitrogens with one attached hydrogen (secondary N) is 1. The maximum Gasteiger partial charge on any atom is 0.416 e. The van der Waals surface area contributed by atoms with Crippen molar-refractivity contribution in [3.8, 4) is 0 Å². The molecular weight excluding hydrogens is 407 g/mol. The summed E-state index contributed by atoms with van der Waals surface area (Å²) >= 11 is 0. The van der Waals surface area contributed by atoms with E-state index < -0.39 is 11.7 Å². The smallest absolute Gasteiger partial charge is 0.326 e. The Morgan fingerprint density at radius 3 is 2.42 bits per heavy atom. The van der Waals surface area contributed by atoms with Crippen LogP contribution in [-0.2, 0) is 17.5 Å². The van der Waals surface area contributed by atoms with Gasteiger partial charge in [-0.05, 0) is 55.2 Å². The van der Waals surface area contributed by atoms with Gasteiger partial charge in [-0.2, -0.15) is 13.2 Å². The molecule has 1 saturated carbocycles. The maximum absolute atomic E-state index is 13.0. The molecule has 0 aromatic heterocycles. The molecule has 3 amide bonds. The van der Waals surface area contributed by atoms with Gasteiger partial charge in [-0.1, -0.05) is 24.6 Å². The minimum absolute atomic E-state index is 0.0114. The second kappa shape index (κ2) is 8.61. The normalized spacial score (nSPS) is 17.5. The summed E-state index contributed by atoms with van der Waals surface area (Å²) in [7, 11) is 0. The number of carbonyl (C=O) groups is 2. The van der Waals surface area contributed by atoms with E-state index in [1.165, 1.54) is 12.1 Å². The molecule has 2 aromatic carbocycles. The summed E-state index contributed by atoms with van der Waals surface area (Å²) in [4.78, 5) is 28.5. The first-order chi connectivity index (χ1) is 14.8. The molecule has 1 aliphatic carbocycles. The van der Waals surface area contributed by atoms with Crippen molar-refractivity contribution in [3.63, 3.8) is 0 Å². The molecule has 1 N–H and O–H groups in total. The molecule has 164 valence electrons. The van der Waals surface area contributed by atoms with Crippen LogP contribution in [0.2, 0.25) is 0 Å². The number of hydrogen-bond acceptors (Lipinski definition) is 2. The summed E-state index contributed by atoms with van der Waals surface area (Å²) in [5.74, 6) is 0.0804. The Bertz CT molecular complexity index is 955. The van der Waals surface area contributed by atoms with Crippen LogP contribution >= 0.6 is 0 Å². The standard InChI is InChI=1S/C23H24F3N3O2/c24-23(25,26)18-10-8-16(9-11-18)15-28-12-3-13-29(22(28)31)20-7-2-6-19(14-20)27-21(30)17-4-1-5-17/h2,6-11,14,17H,1,3-5,12-13,15H2,(H,27,30). The van der Waals surface area contributed by atoms with Crippen molar-refractivity contribution >= 4 is 23.3 Å². The summed E-state index contributed by atoms with van der Waals surface area (Å²) < 4.78 is 38.3. The van der Waals surface area contributed by atoms with Crippen LogP contribution in [0.3, 0.4) is 0 Å². The second-order valence-corrected chi connectivity index (χ2v) is 8.07. The zero-order valence-corrected chi connectivity index (χ0v) is 17.0. The van der Waals surface area contributed by atoms with Gasteiger partial charge in [0, 0.05) is 36.9 Å². The molecule has 5 nitrogen and oxygen atoms in total. The van der Waals surface area contributed by atoms with E-state index in [4.69, 9.17) is 0 Å². The Morgan fingerprint density at radius 1 is 1.03 bits per heavy atom. The van der Waals surface area contributed by atoms with E-state index in [0.717, 1.165) is 37.8 Å². The Morgan fingerprint density at radius 2 is 1.77 bits per heavy atom. The average Bonchev–Trinajstić information content (AvgIpc) is 2.68. The Labute approximate surface area is 178 Å². The van der Waals surface area contributed by atoms with Crippen LogP contribution in [0.4, 0.5) is 29.3 Å². The molecule has 31 heavy (non-hydrogen) atoms. The zero-order valence-electron chi connectivity index (χ0n) is 17.0. The Balaban J connectivity index is 1.43. The fraction of sp³-hybridized carbons (Fsp3) is 0.391. The summed E-state index contributed by atoms with van der Waals surface area (Å²) in [6.07, 6.45) is -0.736. The Hall–Kier alpha value is -3.03. The first-order valence-electron chi connectivity index (χ1n) is 10.4. The number of urea groups is 1. The van der Waals surface area contributed by atoms with Gasteiger partial charge in [-0.3, -0.25) is 9.69 Å². The molecule has 0 spiro atoms. The fourth-order valence-corrected chi connectivity index (χ4v) is 3.85. The number of anilines is 2. The van der Waals surface area contributed by atoms with E-state index in [0.29, 0.717) is 30.0 Å². The van der Waals surface area contributed by atoms with Gasteiger partial charge >= 0.3 is 12.2 Å². The molecule has 1 aliphatic heterocycles. The lowest BCUT2D eigenvalue weighted by atomic mass is 9.85. The van der Waals surface area contributed by atoms with Gasteiger partial charge in [0.05, 0.1) is 5.56 Å². The third-order valence-electron chi connectivity index (χ3n) is 5.87. The summed E-state index contributed by atoms with van der Waals surface area (Å²) in [5, 5.41) is 2.92. The molecule has 0 atom stereocenters. The van der Waals surface area contributed by atoms with Crippen molar-refractivity contribution in [2.45, 2.75) is 38.4 Å². The number of amides is 3. The second-order valence-electron chi connectivity index (χ2n) is 8.07. The summed E-state index contributed by atoms with van der Waals surface area (Å²) in [5.41, 5.74) is 1.28. The monoisotopic (exact) mass is 431 g/mol. The fourth-order valence-electron chi connectivity index (χ4n) is 3.85. The highest BCUT2D eigenvalue weighted by molar-refractivity contribution is 5.96. The molecular formula is C23H24F3N3O2. The molecule has 0 radical (unpaired) electrons. The topological polar surface area (TPSA) is 52.7 Å². The molecule has 4 rings (SSSR count). The third-order valence-corrected chi connectivity index (χ3v) is 5.87. The lowest BCUT2D eigenvalue weighted by molar-refractivity contribution is -0.137. The summed E-state index contributed by atoms with van der Waals surface area (Å²) in [6, 6.07) is 11.9. The quantitative estimate of drug-likeness (QED) is 0.701. The highest BCUT2D eigenvalue weighted by atomic mass is 19.4. The largest absolute Gasteiger partial charge is 0.416 e. The number of rotatable bonds is 5. The van der Waals surface area contributed by atoms with Crippen molar-refractivity contribution in [2.24, 2.45) is 5.92 Å². The van der Waals surface area contributed by atoms with E-state index in [-0.39, 0.29) is 24.4 Å². The number of alkyl halides is 3. The van der Waals surface area contributed by atoms with Gasteiger partial charge in [-0.25, -0.2) is 4.79 Å². The minimum Gasteiger partial charge on any atom is -0.326 e. The predicted molar refractivity (Wildman–Crippen MR) is 112 cm³/mol. The van der Waals surface area contributed by atoms with Gasteiger partial charge in [0.1, 0.15) is 0 Å². The highest BCUT2D eigenvalue weighted by Crippen LogP contribution is 2.30. The van der Waals surface area contributed by atoms with Crippen LogP contribution in [-0.4, -0.2) is 29.9 Å². The number of nitrogens with zero attached hydrogens (tertiary/aromatic N) is 2. The molecule has 8 heteroatoms.